The minimum atomic E-state index is -3.46. The first kappa shape index (κ1) is 15.5. The lowest BCUT2D eigenvalue weighted by molar-refractivity contribution is 0.246. The number of aromatic amines is 1. The van der Waals surface area contributed by atoms with Gasteiger partial charge in [0, 0.05) is 25.6 Å². The maximum Gasteiger partial charge on any atom is 0.260 e. The van der Waals surface area contributed by atoms with Crippen LogP contribution in [0.1, 0.15) is 38.9 Å². The summed E-state index contributed by atoms with van der Waals surface area (Å²) in [6, 6.07) is 0.0436. The summed E-state index contributed by atoms with van der Waals surface area (Å²) < 4.78 is 27.1. The summed E-state index contributed by atoms with van der Waals surface area (Å²) in [5, 5.41) is 3.48. The van der Waals surface area contributed by atoms with Gasteiger partial charge in [-0.15, -0.1) is 0 Å². The van der Waals surface area contributed by atoms with E-state index in [-0.39, 0.29) is 11.1 Å². The van der Waals surface area contributed by atoms with E-state index >= 15 is 0 Å². The van der Waals surface area contributed by atoms with Crippen LogP contribution in [0.2, 0.25) is 0 Å². The van der Waals surface area contributed by atoms with Gasteiger partial charge in [-0.1, -0.05) is 20.3 Å². The summed E-state index contributed by atoms with van der Waals surface area (Å²) in [5.74, 6) is 0.712. The number of sulfonamides is 1. The van der Waals surface area contributed by atoms with Crippen LogP contribution in [0.5, 0.6) is 0 Å². The number of aromatic nitrogens is 2. The van der Waals surface area contributed by atoms with Gasteiger partial charge in [0.2, 0.25) is 0 Å². The van der Waals surface area contributed by atoms with Gasteiger partial charge in [-0.3, -0.25) is 0 Å². The van der Waals surface area contributed by atoms with Gasteiger partial charge in [0.05, 0.1) is 6.20 Å². The van der Waals surface area contributed by atoms with Crippen LogP contribution < -0.4 is 5.32 Å². The van der Waals surface area contributed by atoms with Gasteiger partial charge in [0.25, 0.3) is 10.0 Å². The highest BCUT2D eigenvalue weighted by Crippen LogP contribution is 2.24. The van der Waals surface area contributed by atoms with Gasteiger partial charge in [0.15, 0.2) is 5.03 Å². The second kappa shape index (κ2) is 6.69. The van der Waals surface area contributed by atoms with E-state index in [9.17, 15) is 8.42 Å². The summed E-state index contributed by atoms with van der Waals surface area (Å²) in [6.45, 7) is 6.14. The van der Waals surface area contributed by atoms with E-state index in [1.165, 1.54) is 6.20 Å². The average molecular weight is 300 g/mol. The molecule has 1 aliphatic rings. The molecular formula is C13H24N4O2S. The topological polar surface area (TPSA) is 78.1 Å². The molecule has 6 nitrogen and oxygen atoms in total. The van der Waals surface area contributed by atoms with Crippen LogP contribution in [0.25, 0.3) is 0 Å². The lowest BCUT2D eigenvalue weighted by atomic mass is 10.1. The minimum absolute atomic E-state index is 0.0436. The number of rotatable bonds is 6. The van der Waals surface area contributed by atoms with E-state index in [4.69, 9.17) is 0 Å². The Kier molecular flexibility index (Phi) is 5.17. The summed E-state index contributed by atoms with van der Waals surface area (Å²) in [4.78, 5) is 7.02. The Morgan fingerprint density at radius 1 is 1.45 bits per heavy atom. The Morgan fingerprint density at radius 3 is 2.90 bits per heavy atom. The molecule has 2 heterocycles. The van der Waals surface area contributed by atoms with Crippen LogP contribution in [0.4, 0.5) is 0 Å². The molecule has 0 saturated carbocycles. The predicted octanol–water partition coefficient (Wildman–Crippen LogP) is 1.12. The van der Waals surface area contributed by atoms with Crippen molar-refractivity contribution in [2.75, 3.05) is 19.6 Å². The van der Waals surface area contributed by atoms with Crippen LogP contribution in [-0.4, -0.2) is 48.4 Å². The molecule has 7 heteroatoms. The fourth-order valence-electron chi connectivity index (χ4n) is 2.59. The van der Waals surface area contributed by atoms with Crippen molar-refractivity contribution in [1.29, 1.82) is 0 Å². The molecule has 114 valence electrons. The smallest absolute Gasteiger partial charge is 0.260 e. The Labute approximate surface area is 121 Å². The zero-order chi connectivity index (χ0) is 14.6. The standard InChI is InChI=1S/C13H24N4O2S/c1-3-12-15-10-13(16-12)20(18,19)17-8-6-5-7-11(17)9-14-4-2/h10-11,14H,3-9H2,1-2H3,(H,15,16). The van der Waals surface area contributed by atoms with E-state index < -0.39 is 10.0 Å². The molecule has 1 atom stereocenters. The van der Waals surface area contributed by atoms with Gasteiger partial charge < -0.3 is 10.3 Å². The van der Waals surface area contributed by atoms with Crippen molar-refractivity contribution in [3.63, 3.8) is 0 Å². The van der Waals surface area contributed by atoms with Crippen molar-refractivity contribution in [1.82, 2.24) is 19.6 Å². The molecule has 0 aliphatic carbocycles. The zero-order valence-electron chi connectivity index (χ0n) is 12.2. The number of aryl methyl sites for hydroxylation is 1. The number of likely N-dealkylation sites (N-methyl/N-ethyl adjacent to an activating group) is 1. The van der Waals surface area contributed by atoms with Crippen molar-refractivity contribution >= 4 is 10.0 Å². The summed E-state index contributed by atoms with van der Waals surface area (Å²) >= 11 is 0. The van der Waals surface area contributed by atoms with E-state index in [2.05, 4.69) is 15.3 Å². The van der Waals surface area contributed by atoms with Crippen molar-refractivity contribution in [2.45, 2.75) is 50.6 Å². The molecule has 1 aromatic heterocycles. The molecule has 1 fully saturated rings. The average Bonchev–Trinajstić information content (AvgIpc) is 2.95. The number of piperidine rings is 1. The Bertz CT molecular complexity index is 526. The van der Waals surface area contributed by atoms with Crippen LogP contribution >= 0.6 is 0 Å². The van der Waals surface area contributed by atoms with E-state index in [0.717, 1.165) is 25.8 Å². The minimum Gasteiger partial charge on any atom is -0.332 e. The molecule has 2 rings (SSSR count). The maximum atomic E-state index is 12.7. The number of imidazole rings is 1. The molecule has 0 amide bonds. The molecule has 2 N–H and O–H groups in total. The van der Waals surface area contributed by atoms with E-state index in [1.54, 1.807) is 4.31 Å². The van der Waals surface area contributed by atoms with E-state index in [0.29, 0.717) is 25.3 Å². The normalized spacial score (nSPS) is 21.2. The van der Waals surface area contributed by atoms with Crippen molar-refractivity contribution in [3.8, 4) is 0 Å². The van der Waals surface area contributed by atoms with Crippen LogP contribution in [0.15, 0.2) is 11.2 Å². The third-order valence-electron chi connectivity index (χ3n) is 3.73. The molecule has 1 unspecified atom stereocenters. The highest BCUT2D eigenvalue weighted by Gasteiger charge is 2.34. The van der Waals surface area contributed by atoms with Crippen molar-refractivity contribution in [2.24, 2.45) is 0 Å². The number of hydrogen-bond donors (Lipinski definition) is 2. The maximum absolute atomic E-state index is 12.7. The van der Waals surface area contributed by atoms with Crippen LogP contribution in [-0.2, 0) is 16.4 Å². The van der Waals surface area contributed by atoms with Crippen LogP contribution in [0.3, 0.4) is 0 Å². The number of hydrogen-bond acceptors (Lipinski definition) is 4. The quantitative estimate of drug-likeness (QED) is 0.825. The second-order valence-corrected chi connectivity index (χ2v) is 6.98. The second-order valence-electron chi connectivity index (χ2n) is 5.12. The van der Waals surface area contributed by atoms with E-state index in [1.807, 2.05) is 13.8 Å². The largest absolute Gasteiger partial charge is 0.332 e. The Morgan fingerprint density at radius 2 is 2.25 bits per heavy atom. The van der Waals surface area contributed by atoms with Gasteiger partial charge in [0.1, 0.15) is 5.82 Å². The molecule has 0 radical (unpaired) electrons. The summed E-state index contributed by atoms with van der Waals surface area (Å²) in [7, 11) is -3.46. The third-order valence-corrected chi connectivity index (χ3v) is 5.59. The lowest BCUT2D eigenvalue weighted by Crippen LogP contribution is -2.48. The molecule has 1 saturated heterocycles. The molecule has 20 heavy (non-hydrogen) atoms. The predicted molar refractivity (Wildman–Crippen MR) is 78.0 cm³/mol. The molecule has 0 bridgehead atoms. The number of H-pyrrole nitrogens is 1. The lowest BCUT2D eigenvalue weighted by Gasteiger charge is -2.34. The van der Waals surface area contributed by atoms with Crippen molar-refractivity contribution in [3.05, 3.63) is 12.0 Å². The molecule has 0 aromatic carbocycles. The fourth-order valence-corrected chi connectivity index (χ4v) is 4.21. The number of nitrogens with one attached hydrogen (secondary N) is 2. The molecule has 1 aromatic rings. The first-order valence-electron chi connectivity index (χ1n) is 7.36. The Balaban J connectivity index is 2.20. The first-order chi connectivity index (χ1) is 9.59. The third kappa shape index (κ3) is 3.21. The summed E-state index contributed by atoms with van der Waals surface area (Å²) in [5.41, 5.74) is 0. The Hall–Kier alpha value is -0.920. The highest BCUT2D eigenvalue weighted by atomic mass is 32.2. The van der Waals surface area contributed by atoms with Gasteiger partial charge >= 0.3 is 0 Å². The monoisotopic (exact) mass is 300 g/mol. The van der Waals surface area contributed by atoms with Gasteiger partial charge in [-0.2, -0.15) is 4.31 Å². The highest BCUT2D eigenvalue weighted by molar-refractivity contribution is 7.89. The SMILES string of the molecule is CCNCC1CCCCN1S(=O)(=O)c1cnc(CC)[nH]1. The fraction of sp³-hybridized carbons (Fsp3) is 0.769. The first-order valence-corrected chi connectivity index (χ1v) is 8.80. The van der Waals surface area contributed by atoms with Gasteiger partial charge in [-0.05, 0) is 19.4 Å². The molecule has 1 aliphatic heterocycles. The zero-order valence-corrected chi connectivity index (χ0v) is 13.0. The van der Waals surface area contributed by atoms with Crippen molar-refractivity contribution < 1.29 is 8.42 Å². The summed E-state index contributed by atoms with van der Waals surface area (Å²) in [6.07, 6.45) is 5.08. The molecule has 0 spiro atoms. The molecular weight excluding hydrogens is 276 g/mol. The van der Waals surface area contributed by atoms with Crippen LogP contribution in [0, 0.1) is 0 Å². The van der Waals surface area contributed by atoms with Gasteiger partial charge in [-0.25, -0.2) is 13.4 Å². The number of nitrogens with zero attached hydrogens (tertiary/aromatic N) is 2.